The normalized spacial score (nSPS) is 15.5. The SMILES string of the molecule is C=C1/C=C\C=C/Cc2c(oc3nc(-c4cccc(-c5cccc(-c6cccc7c6sc6ccccc67)c5)c4)cnc23)/C=C\1. The second-order valence-electron chi connectivity index (χ2n) is 10.7. The quantitative estimate of drug-likeness (QED) is 0.212. The lowest BCUT2D eigenvalue weighted by molar-refractivity contribution is 0.588. The van der Waals surface area contributed by atoms with Gasteiger partial charge in [-0.15, -0.1) is 11.3 Å². The number of rotatable bonds is 3. The number of allylic oxidation sites excluding steroid dienone is 6. The first-order valence-electron chi connectivity index (χ1n) is 14.3. The fraction of sp³-hybridized carbons (Fsp3) is 0.0256. The van der Waals surface area contributed by atoms with Crippen LogP contribution in [0.4, 0.5) is 0 Å². The van der Waals surface area contributed by atoms with Crippen LogP contribution in [0.5, 0.6) is 0 Å². The van der Waals surface area contributed by atoms with Crippen LogP contribution < -0.4 is 0 Å². The summed E-state index contributed by atoms with van der Waals surface area (Å²) in [6, 6.07) is 32.6. The van der Waals surface area contributed by atoms with Crippen molar-refractivity contribution in [2.24, 2.45) is 0 Å². The van der Waals surface area contributed by atoms with Crippen molar-refractivity contribution in [3.63, 3.8) is 0 Å². The Hall–Kier alpha value is -5.32. The van der Waals surface area contributed by atoms with Gasteiger partial charge in [-0.3, -0.25) is 0 Å². The topological polar surface area (TPSA) is 38.9 Å². The highest BCUT2D eigenvalue weighted by atomic mass is 32.1. The van der Waals surface area contributed by atoms with Crippen LogP contribution in [0.25, 0.3) is 71.0 Å². The molecule has 0 saturated carbocycles. The predicted molar refractivity (Wildman–Crippen MR) is 181 cm³/mol. The summed E-state index contributed by atoms with van der Waals surface area (Å²) in [6.07, 6.45) is 14.6. The molecule has 0 N–H and O–H groups in total. The lowest BCUT2D eigenvalue weighted by atomic mass is 9.96. The van der Waals surface area contributed by atoms with E-state index in [4.69, 9.17) is 14.4 Å². The van der Waals surface area contributed by atoms with Crippen LogP contribution in [0.3, 0.4) is 0 Å². The molecular weight excluding hydrogens is 545 g/mol. The van der Waals surface area contributed by atoms with Gasteiger partial charge in [0.05, 0.1) is 11.9 Å². The van der Waals surface area contributed by atoms with Crippen molar-refractivity contribution < 1.29 is 4.42 Å². The second kappa shape index (κ2) is 10.5. The first-order chi connectivity index (χ1) is 21.2. The summed E-state index contributed by atoms with van der Waals surface area (Å²) in [7, 11) is 0. The molecule has 0 bridgehead atoms. The maximum atomic E-state index is 6.21. The van der Waals surface area contributed by atoms with Crippen LogP contribution in [0.1, 0.15) is 11.3 Å². The average Bonchev–Trinajstić information content (AvgIpc) is 3.61. The van der Waals surface area contributed by atoms with E-state index in [0.29, 0.717) is 5.71 Å². The molecule has 8 rings (SSSR count). The summed E-state index contributed by atoms with van der Waals surface area (Å²) in [5.41, 5.74) is 9.80. The Labute approximate surface area is 253 Å². The molecule has 0 spiro atoms. The highest BCUT2D eigenvalue weighted by Gasteiger charge is 2.16. The van der Waals surface area contributed by atoms with Crippen molar-refractivity contribution in [1.29, 1.82) is 0 Å². The summed E-state index contributed by atoms with van der Waals surface area (Å²) in [4.78, 5) is 9.72. The number of thiophene rings is 1. The maximum absolute atomic E-state index is 6.21. The smallest absolute Gasteiger partial charge is 0.246 e. The van der Waals surface area contributed by atoms with E-state index in [-0.39, 0.29) is 0 Å². The minimum absolute atomic E-state index is 0.544. The number of hydrogen-bond acceptors (Lipinski definition) is 4. The standard InChI is InChI=1S/C39H26N2OS/c1-25-10-3-2-4-16-33-35(21-20-25)42-39-37(33)40-24-34(41-39)29-14-8-12-27(23-29)26-11-7-13-28(22-26)30-17-9-18-32-31-15-5-6-19-36(31)43-38(30)32/h2-15,17-24H,1,16H2/b4-2-,10-3-,21-20-. The zero-order chi connectivity index (χ0) is 28.8. The number of hydrogen-bond donors (Lipinski definition) is 0. The minimum atomic E-state index is 0.544. The third-order valence-electron chi connectivity index (χ3n) is 7.93. The number of fused-ring (bicyclic) bond motifs is 6. The van der Waals surface area contributed by atoms with Gasteiger partial charge in [-0.05, 0) is 58.5 Å². The molecule has 204 valence electrons. The van der Waals surface area contributed by atoms with Gasteiger partial charge >= 0.3 is 0 Å². The van der Waals surface area contributed by atoms with Gasteiger partial charge < -0.3 is 4.42 Å². The van der Waals surface area contributed by atoms with Gasteiger partial charge in [-0.25, -0.2) is 9.97 Å². The molecule has 7 aromatic rings. The van der Waals surface area contributed by atoms with Crippen LogP contribution in [0.15, 0.2) is 144 Å². The minimum Gasteiger partial charge on any atom is -0.437 e. The van der Waals surface area contributed by atoms with E-state index in [2.05, 4.69) is 104 Å². The first kappa shape index (κ1) is 25.4. The summed E-state index contributed by atoms with van der Waals surface area (Å²) in [5.74, 6) is 0.771. The van der Waals surface area contributed by atoms with Gasteiger partial charge in [0.2, 0.25) is 5.71 Å². The van der Waals surface area contributed by atoms with E-state index in [9.17, 15) is 0 Å². The van der Waals surface area contributed by atoms with Crippen molar-refractivity contribution in [3.05, 3.63) is 151 Å². The zero-order valence-electron chi connectivity index (χ0n) is 23.3. The van der Waals surface area contributed by atoms with Crippen LogP contribution in [-0.2, 0) is 6.42 Å². The molecule has 1 aliphatic rings. The molecule has 43 heavy (non-hydrogen) atoms. The zero-order valence-corrected chi connectivity index (χ0v) is 24.1. The van der Waals surface area contributed by atoms with Gasteiger partial charge in [-0.2, -0.15) is 0 Å². The lowest BCUT2D eigenvalue weighted by Gasteiger charge is -2.09. The van der Waals surface area contributed by atoms with Gasteiger partial charge in [0.25, 0.3) is 0 Å². The summed E-state index contributed by atoms with van der Waals surface area (Å²) >= 11 is 1.86. The van der Waals surface area contributed by atoms with Gasteiger partial charge in [0.15, 0.2) is 0 Å². The third kappa shape index (κ3) is 4.62. The monoisotopic (exact) mass is 570 g/mol. The van der Waals surface area contributed by atoms with E-state index in [1.165, 1.54) is 31.3 Å². The van der Waals surface area contributed by atoms with Crippen molar-refractivity contribution >= 4 is 48.8 Å². The van der Waals surface area contributed by atoms with E-state index >= 15 is 0 Å². The van der Waals surface area contributed by atoms with E-state index in [1.807, 2.05) is 47.9 Å². The summed E-state index contributed by atoms with van der Waals surface area (Å²) in [5, 5.41) is 2.63. The molecule has 0 saturated heterocycles. The molecule has 4 heteroatoms. The van der Waals surface area contributed by atoms with Crippen LogP contribution >= 0.6 is 11.3 Å². The molecule has 0 aliphatic heterocycles. The summed E-state index contributed by atoms with van der Waals surface area (Å²) < 4.78 is 8.85. The molecule has 3 nitrogen and oxygen atoms in total. The van der Waals surface area contributed by atoms with E-state index in [0.717, 1.165) is 51.2 Å². The molecule has 3 heterocycles. The van der Waals surface area contributed by atoms with E-state index in [1.54, 1.807) is 0 Å². The molecule has 3 aromatic heterocycles. The number of aromatic nitrogens is 2. The van der Waals surface area contributed by atoms with Crippen molar-refractivity contribution in [2.45, 2.75) is 6.42 Å². The predicted octanol–water partition coefficient (Wildman–Crippen LogP) is 10.8. The molecule has 0 atom stereocenters. The Kier molecular flexibility index (Phi) is 6.20. The average molecular weight is 571 g/mol. The van der Waals surface area contributed by atoms with Gasteiger partial charge in [0.1, 0.15) is 11.3 Å². The highest BCUT2D eigenvalue weighted by Crippen LogP contribution is 2.40. The number of benzene rings is 4. The molecule has 0 amide bonds. The second-order valence-corrected chi connectivity index (χ2v) is 11.7. The van der Waals surface area contributed by atoms with Crippen molar-refractivity contribution in [1.82, 2.24) is 9.97 Å². The maximum Gasteiger partial charge on any atom is 0.246 e. The van der Waals surface area contributed by atoms with Crippen LogP contribution in [-0.4, -0.2) is 9.97 Å². The number of furan rings is 1. The Morgan fingerprint density at radius 2 is 1.49 bits per heavy atom. The molecule has 1 aliphatic carbocycles. The van der Waals surface area contributed by atoms with Crippen molar-refractivity contribution in [2.75, 3.05) is 0 Å². The third-order valence-corrected chi connectivity index (χ3v) is 9.15. The largest absolute Gasteiger partial charge is 0.437 e. The molecule has 4 aromatic carbocycles. The number of nitrogens with zero attached hydrogens (tertiary/aromatic N) is 2. The molecular formula is C39H26N2OS. The van der Waals surface area contributed by atoms with Gasteiger partial charge in [-0.1, -0.05) is 110 Å². The summed E-state index contributed by atoms with van der Waals surface area (Å²) in [6.45, 7) is 4.07. The fourth-order valence-electron chi connectivity index (χ4n) is 5.78. The Morgan fingerprint density at radius 3 is 2.40 bits per heavy atom. The fourth-order valence-corrected chi connectivity index (χ4v) is 7.02. The molecule has 0 unspecified atom stereocenters. The Morgan fingerprint density at radius 1 is 0.721 bits per heavy atom. The lowest BCUT2D eigenvalue weighted by Crippen LogP contribution is -1.90. The van der Waals surface area contributed by atoms with Gasteiger partial charge in [0, 0.05) is 31.3 Å². The first-order valence-corrected chi connectivity index (χ1v) is 15.1. The Bertz CT molecular complexity index is 2300. The molecule has 0 radical (unpaired) electrons. The van der Waals surface area contributed by atoms with Crippen LogP contribution in [0.2, 0.25) is 0 Å². The van der Waals surface area contributed by atoms with E-state index < -0.39 is 0 Å². The molecule has 0 fully saturated rings. The highest BCUT2D eigenvalue weighted by molar-refractivity contribution is 7.26. The Balaban J connectivity index is 1.17. The van der Waals surface area contributed by atoms with Crippen molar-refractivity contribution in [3.8, 4) is 33.5 Å². The van der Waals surface area contributed by atoms with Crippen LogP contribution in [0, 0.1) is 0 Å².